The number of hydrogen-bond donors (Lipinski definition) is 2. The predicted molar refractivity (Wildman–Crippen MR) is 140 cm³/mol. The van der Waals surface area contributed by atoms with Crippen molar-refractivity contribution in [3.8, 4) is 0 Å². The molecule has 1 fully saturated rings. The number of halogens is 1. The summed E-state index contributed by atoms with van der Waals surface area (Å²) in [6, 6.07) is 22.4. The lowest BCUT2D eigenvalue weighted by Crippen LogP contribution is -2.30. The molecule has 1 unspecified atom stereocenters. The fourth-order valence-corrected chi connectivity index (χ4v) is 4.69. The Hall–Kier alpha value is -3.88. The van der Waals surface area contributed by atoms with Crippen LogP contribution >= 0.6 is 23.4 Å². The molecule has 3 aromatic carbocycles. The maximum absolute atomic E-state index is 13.1. The SMILES string of the molecule is CN1C(=O)CC(Sc2ccc(NC(=O)/C(=C/c3ccc(Cl)cc3)NC(=O)c3ccccc3)cc2)C1=O. The molecule has 9 heteroatoms. The molecule has 0 spiro atoms. The summed E-state index contributed by atoms with van der Waals surface area (Å²) in [5, 5.41) is 5.58. The van der Waals surface area contributed by atoms with Gasteiger partial charge in [0.25, 0.3) is 11.8 Å². The average molecular weight is 520 g/mol. The van der Waals surface area contributed by atoms with Gasteiger partial charge in [-0.2, -0.15) is 0 Å². The second kappa shape index (κ2) is 11.2. The van der Waals surface area contributed by atoms with E-state index in [0.717, 1.165) is 9.80 Å². The molecule has 1 atom stereocenters. The summed E-state index contributed by atoms with van der Waals surface area (Å²) < 4.78 is 0. The summed E-state index contributed by atoms with van der Waals surface area (Å²) in [6.07, 6.45) is 1.73. The Morgan fingerprint density at radius 1 is 0.972 bits per heavy atom. The second-order valence-corrected chi connectivity index (χ2v) is 9.72. The highest BCUT2D eigenvalue weighted by atomic mass is 35.5. The van der Waals surface area contributed by atoms with Crippen molar-refractivity contribution in [1.82, 2.24) is 10.2 Å². The van der Waals surface area contributed by atoms with Gasteiger partial charge in [0, 0.05) is 34.6 Å². The molecule has 182 valence electrons. The van der Waals surface area contributed by atoms with Gasteiger partial charge in [-0.25, -0.2) is 0 Å². The molecule has 2 N–H and O–H groups in total. The summed E-state index contributed by atoms with van der Waals surface area (Å²) in [4.78, 5) is 51.7. The summed E-state index contributed by atoms with van der Waals surface area (Å²) in [5.41, 5.74) is 1.67. The number of benzene rings is 3. The van der Waals surface area contributed by atoms with Gasteiger partial charge >= 0.3 is 0 Å². The van der Waals surface area contributed by atoms with Crippen molar-refractivity contribution in [3.63, 3.8) is 0 Å². The normalized spacial score (nSPS) is 15.7. The van der Waals surface area contributed by atoms with Crippen LogP contribution in [0.1, 0.15) is 22.3 Å². The molecule has 0 saturated carbocycles. The molecule has 1 aliphatic heterocycles. The molecular weight excluding hydrogens is 498 g/mol. The average Bonchev–Trinajstić information content (AvgIpc) is 3.12. The van der Waals surface area contributed by atoms with Crippen LogP contribution in [0.25, 0.3) is 6.08 Å². The Morgan fingerprint density at radius 3 is 2.25 bits per heavy atom. The van der Waals surface area contributed by atoms with E-state index in [0.29, 0.717) is 21.8 Å². The maximum Gasteiger partial charge on any atom is 0.272 e. The van der Waals surface area contributed by atoms with Gasteiger partial charge < -0.3 is 10.6 Å². The highest BCUT2D eigenvalue weighted by molar-refractivity contribution is 8.00. The number of anilines is 1. The lowest BCUT2D eigenvalue weighted by Gasteiger charge is -2.12. The van der Waals surface area contributed by atoms with Crippen molar-refractivity contribution in [2.75, 3.05) is 12.4 Å². The third kappa shape index (κ3) is 6.21. The molecule has 4 amide bonds. The lowest BCUT2D eigenvalue weighted by molar-refractivity contribution is -0.136. The van der Waals surface area contributed by atoms with Gasteiger partial charge in [-0.15, -0.1) is 11.8 Å². The van der Waals surface area contributed by atoms with Crippen molar-refractivity contribution in [2.24, 2.45) is 0 Å². The van der Waals surface area contributed by atoms with Crippen molar-refractivity contribution in [2.45, 2.75) is 16.6 Å². The summed E-state index contributed by atoms with van der Waals surface area (Å²) in [5.74, 6) is -1.33. The number of imide groups is 1. The van der Waals surface area contributed by atoms with Gasteiger partial charge in [0.05, 0.1) is 5.25 Å². The Kier molecular flexibility index (Phi) is 7.87. The Morgan fingerprint density at radius 2 is 1.64 bits per heavy atom. The number of rotatable bonds is 7. The summed E-state index contributed by atoms with van der Waals surface area (Å²) in [7, 11) is 1.48. The Labute approximate surface area is 217 Å². The zero-order valence-corrected chi connectivity index (χ0v) is 20.8. The van der Waals surface area contributed by atoms with Crippen LogP contribution in [-0.4, -0.2) is 40.8 Å². The molecule has 0 aliphatic carbocycles. The zero-order valence-electron chi connectivity index (χ0n) is 19.2. The second-order valence-electron chi connectivity index (χ2n) is 8.01. The minimum atomic E-state index is -0.507. The van der Waals surface area contributed by atoms with Crippen LogP contribution in [0.4, 0.5) is 5.69 Å². The molecule has 0 radical (unpaired) electrons. The smallest absolute Gasteiger partial charge is 0.272 e. The van der Waals surface area contributed by atoms with Crippen molar-refractivity contribution < 1.29 is 19.2 Å². The molecule has 0 bridgehead atoms. The van der Waals surface area contributed by atoms with E-state index in [1.807, 2.05) is 0 Å². The van der Waals surface area contributed by atoms with Gasteiger partial charge in [-0.05, 0) is 60.2 Å². The van der Waals surface area contributed by atoms with Gasteiger partial charge in [-0.3, -0.25) is 24.1 Å². The van der Waals surface area contributed by atoms with Crippen LogP contribution in [0.15, 0.2) is 89.5 Å². The van der Waals surface area contributed by atoms with E-state index in [9.17, 15) is 19.2 Å². The van der Waals surface area contributed by atoms with Crippen LogP contribution < -0.4 is 10.6 Å². The van der Waals surface area contributed by atoms with Crippen LogP contribution in [0.5, 0.6) is 0 Å². The molecular formula is C27H22ClN3O4S. The van der Waals surface area contributed by atoms with Crippen LogP contribution in [0.2, 0.25) is 5.02 Å². The quantitative estimate of drug-likeness (QED) is 0.351. The zero-order chi connectivity index (χ0) is 25.7. The number of nitrogens with one attached hydrogen (secondary N) is 2. The number of hydrogen-bond acceptors (Lipinski definition) is 5. The van der Waals surface area contributed by atoms with E-state index in [4.69, 9.17) is 11.6 Å². The highest BCUT2D eigenvalue weighted by Crippen LogP contribution is 2.31. The molecule has 7 nitrogen and oxygen atoms in total. The minimum absolute atomic E-state index is 0.0581. The van der Waals surface area contributed by atoms with E-state index in [2.05, 4.69) is 10.6 Å². The summed E-state index contributed by atoms with van der Waals surface area (Å²) in [6.45, 7) is 0. The molecule has 4 rings (SSSR count). The first-order valence-corrected chi connectivity index (χ1v) is 12.3. The standard InChI is InChI=1S/C27H22ClN3O4S/c1-31-24(32)16-23(27(31)35)36-21-13-11-20(12-14-21)29-26(34)22(15-17-7-9-19(28)10-8-17)30-25(33)18-5-3-2-4-6-18/h2-15,23H,16H2,1H3,(H,29,34)(H,30,33)/b22-15-. The first kappa shape index (κ1) is 25.2. The molecule has 3 aromatic rings. The number of amides is 4. The topological polar surface area (TPSA) is 95.6 Å². The fourth-order valence-electron chi connectivity index (χ4n) is 3.46. The number of likely N-dealkylation sites (tertiary alicyclic amines) is 1. The minimum Gasteiger partial charge on any atom is -0.321 e. The maximum atomic E-state index is 13.1. The Bertz CT molecular complexity index is 1330. The van der Waals surface area contributed by atoms with E-state index in [1.165, 1.54) is 18.8 Å². The number of carbonyl (C=O) groups is 4. The van der Waals surface area contributed by atoms with Gasteiger partial charge in [0.1, 0.15) is 5.70 Å². The van der Waals surface area contributed by atoms with Crippen molar-refractivity contribution >= 4 is 58.8 Å². The van der Waals surface area contributed by atoms with Gasteiger partial charge in [-0.1, -0.05) is 41.9 Å². The summed E-state index contributed by atoms with van der Waals surface area (Å²) >= 11 is 7.27. The first-order valence-electron chi connectivity index (χ1n) is 11.0. The fraction of sp³-hybridized carbons (Fsp3) is 0.111. The molecule has 1 saturated heterocycles. The first-order chi connectivity index (χ1) is 17.3. The number of nitrogens with zero attached hydrogens (tertiary/aromatic N) is 1. The van der Waals surface area contributed by atoms with Gasteiger partial charge in [0.15, 0.2) is 0 Å². The Balaban J connectivity index is 1.49. The van der Waals surface area contributed by atoms with Gasteiger partial charge in [0.2, 0.25) is 11.8 Å². The van der Waals surface area contributed by atoms with E-state index in [-0.39, 0.29) is 23.9 Å². The van der Waals surface area contributed by atoms with Crippen LogP contribution in [0.3, 0.4) is 0 Å². The highest BCUT2D eigenvalue weighted by Gasteiger charge is 2.36. The lowest BCUT2D eigenvalue weighted by atomic mass is 10.1. The number of thioether (sulfide) groups is 1. The number of carbonyl (C=O) groups excluding carboxylic acids is 4. The van der Waals surface area contributed by atoms with Crippen molar-refractivity contribution in [1.29, 1.82) is 0 Å². The van der Waals surface area contributed by atoms with E-state index in [1.54, 1.807) is 84.9 Å². The molecule has 36 heavy (non-hydrogen) atoms. The van der Waals surface area contributed by atoms with E-state index >= 15 is 0 Å². The van der Waals surface area contributed by atoms with Crippen LogP contribution in [0, 0.1) is 0 Å². The third-order valence-electron chi connectivity index (χ3n) is 5.44. The van der Waals surface area contributed by atoms with Crippen LogP contribution in [-0.2, 0) is 14.4 Å². The van der Waals surface area contributed by atoms with Crippen molar-refractivity contribution in [3.05, 3.63) is 101 Å². The van der Waals surface area contributed by atoms with E-state index < -0.39 is 17.1 Å². The monoisotopic (exact) mass is 519 g/mol. The molecule has 1 heterocycles. The largest absolute Gasteiger partial charge is 0.321 e. The predicted octanol–water partition coefficient (Wildman–Crippen LogP) is 4.60. The third-order valence-corrected chi connectivity index (χ3v) is 6.89. The molecule has 0 aromatic heterocycles. The molecule has 1 aliphatic rings.